The highest BCUT2D eigenvalue weighted by Gasteiger charge is 2.23. The van der Waals surface area contributed by atoms with E-state index in [1.54, 1.807) is 4.90 Å². The summed E-state index contributed by atoms with van der Waals surface area (Å²) < 4.78 is 23.6. The Kier molecular flexibility index (Phi) is 7.61. The number of nitrogens with zero attached hydrogens (tertiary/aromatic N) is 2. The molecule has 1 heterocycles. The summed E-state index contributed by atoms with van der Waals surface area (Å²) in [5.74, 6) is 0.0464. The number of β-amino-alcohol motifs (C(OH)–C–C–N with tert-alkyl or cyclic N) is 1. The molecule has 1 aromatic carbocycles. The molecule has 1 aromatic rings. The quantitative estimate of drug-likeness (QED) is 0.758. The Labute approximate surface area is 148 Å². The fourth-order valence-corrected chi connectivity index (χ4v) is 2.60. The number of carbonyl (C=O) groups is 1. The molecule has 1 aliphatic heterocycles. The van der Waals surface area contributed by atoms with E-state index in [0.29, 0.717) is 45.1 Å². The molecule has 0 bridgehead atoms. The van der Waals surface area contributed by atoms with Gasteiger partial charge in [-0.2, -0.15) is 0 Å². The van der Waals surface area contributed by atoms with E-state index in [1.165, 1.54) is 24.3 Å². The maximum atomic E-state index is 12.8. The number of rotatable bonds is 8. The zero-order valence-electron chi connectivity index (χ0n) is 14.9. The van der Waals surface area contributed by atoms with Crippen LogP contribution in [0.4, 0.5) is 4.39 Å². The number of aliphatic hydroxyl groups excluding tert-OH is 1. The van der Waals surface area contributed by atoms with Crippen molar-refractivity contribution in [1.29, 1.82) is 0 Å². The zero-order chi connectivity index (χ0) is 18.2. The first-order valence-corrected chi connectivity index (χ1v) is 8.62. The Morgan fingerprint density at radius 3 is 2.44 bits per heavy atom. The smallest absolute Gasteiger partial charge is 0.260 e. The molecule has 6 nitrogen and oxygen atoms in total. The van der Waals surface area contributed by atoms with Gasteiger partial charge in [0.15, 0.2) is 6.61 Å². The number of amides is 1. The predicted molar refractivity (Wildman–Crippen MR) is 92.0 cm³/mol. The summed E-state index contributed by atoms with van der Waals surface area (Å²) in [6.45, 7) is 7.30. The third kappa shape index (κ3) is 6.97. The lowest BCUT2D eigenvalue weighted by Crippen LogP contribution is -2.51. The number of ether oxygens (including phenoxy) is 2. The molecule has 1 N–H and O–H groups in total. The Morgan fingerprint density at radius 1 is 1.20 bits per heavy atom. The Morgan fingerprint density at radius 2 is 1.84 bits per heavy atom. The van der Waals surface area contributed by atoms with Crippen LogP contribution in [0, 0.1) is 5.82 Å². The summed E-state index contributed by atoms with van der Waals surface area (Å²) in [6.07, 6.45) is -0.420. The van der Waals surface area contributed by atoms with Crippen molar-refractivity contribution >= 4 is 5.91 Å². The largest absolute Gasteiger partial charge is 0.484 e. The van der Waals surface area contributed by atoms with E-state index in [4.69, 9.17) is 9.47 Å². The van der Waals surface area contributed by atoms with Gasteiger partial charge in [-0.1, -0.05) is 0 Å². The van der Waals surface area contributed by atoms with Gasteiger partial charge in [-0.3, -0.25) is 9.69 Å². The van der Waals surface area contributed by atoms with Gasteiger partial charge in [0, 0.05) is 32.7 Å². The van der Waals surface area contributed by atoms with Gasteiger partial charge in [0.25, 0.3) is 5.91 Å². The summed E-state index contributed by atoms with van der Waals surface area (Å²) in [5.41, 5.74) is 0. The topological polar surface area (TPSA) is 62.2 Å². The molecule has 25 heavy (non-hydrogen) atoms. The lowest BCUT2D eigenvalue weighted by atomic mass is 10.2. The standard InChI is InChI=1S/C18H27FN2O4/c1-14(2)24-12-16(22)11-20-7-9-21(10-8-20)18(23)13-25-17-5-3-15(19)4-6-17/h3-6,14,16,22H,7-13H2,1-2H3. The van der Waals surface area contributed by atoms with E-state index in [-0.39, 0.29) is 24.4 Å². The van der Waals surface area contributed by atoms with Crippen molar-refractivity contribution in [1.82, 2.24) is 9.80 Å². The van der Waals surface area contributed by atoms with Crippen molar-refractivity contribution in [3.8, 4) is 5.75 Å². The molecular formula is C18H27FN2O4. The van der Waals surface area contributed by atoms with Crippen LogP contribution in [0.25, 0.3) is 0 Å². The maximum Gasteiger partial charge on any atom is 0.260 e. The van der Waals surface area contributed by atoms with Crippen molar-refractivity contribution in [2.75, 3.05) is 45.9 Å². The number of piperazine rings is 1. The Hall–Kier alpha value is -1.70. The second-order valence-electron chi connectivity index (χ2n) is 6.46. The van der Waals surface area contributed by atoms with E-state index < -0.39 is 6.10 Å². The van der Waals surface area contributed by atoms with Gasteiger partial charge in [0.1, 0.15) is 11.6 Å². The minimum Gasteiger partial charge on any atom is -0.484 e. The summed E-state index contributed by atoms with van der Waals surface area (Å²) in [4.78, 5) is 16.1. The number of benzene rings is 1. The van der Waals surface area contributed by atoms with E-state index in [0.717, 1.165) is 0 Å². The third-order valence-corrected chi connectivity index (χ3v) is 3.99. The van der Waals surface area contributed by atoms with Crippen molar-refractivity contribution in [2.45, 2.75) is 26.1 Å². The van der Waals surface area contributed by atoms with E-state index in [9.17, 15) is 14.3 Å². The molecule has 140 valence electrons. The van der Waals surface area contributed by atoms with Crippen LogP contribution >= 0.6 is 0 Å². The summed E-state index contributed by atoms with van der Waals surface area (Å²) in [7, 11) is 0. The average molecular weight is 354 g/mol. The van der Waals surface area contributed by atoms with Gasteiger partial charge >= 0.3 is 0 Å². The van der Waals surface area contributed by atoms with Gasteiger partial charge in [0.05, 0.1) is 18.8 Å². The van der Waals surface area contributed by atoms with E-state index >= 15 is 0 Å². The monoisotopic (exact) mass is 354 g/mol. The van der Waals surface area contributed by atoms with Crippen LogP contribution < -0.4 is 4.74 Å². The normalized spacial score (nSPS) is 16.9. The molecule has 0 aromatic heterocycles. The third-order valence-electron chi connectivity index (χ3n) is 3.99. The number of hydrogen-bond donors (Lipinski definition) is 1. The Bertz CT molecular complexity index is 530. The SMILES string of the molecule is CC(C)OCC(O)CN1CCN(C(=O)COc2ccc(F)cc2)CC1. The van der Waals surface area contributed by atoms with Crippen molar-refractivity contribution in [3.05, 3.63) is 30.1 Å². The van der Waals surface area contributed by atoms with Crippen LogP contribution in [-0.4, -0.2) is 79.0 Å². The fourth-order valence-electron chi connectivity index (χ4n) is 2.60. The second kappa shape index (κ2) is 9.70. The van der Waals surface area contributed by atoms with E-state index in [1.807, 2.05) is 13.8 Å². The van der Waals surface area contributed by atoms with Crippen LogP contribution in [0.5, 0.6) is 5.75 Å². The molecule has 1 saturated heterocycles. The highest BCUT2D eigenvalue weighted by atomic mass is 19.1. The van der Waals surface area contributed by atoms with Crippen LogP contribution in [0.3, 0.4) is 0 Å². The highest BCUT2D eigenvalue weighted by Crippen LogP contribution is 2.11. The van der Waals surface area contributed by atoms with Crippen molar-refractivity contribution < 1.29 is 23.8 Å². The molecule has 1 aliphatic rings. The van der Waals surface area contributed by atoms with Crippen LogP contribution in [-0.2, 0) is 9.53 Å². The number of aliphatic hydroxyl groups is 1. The first-order chi connectivity index (χ1) is 11.9. The van der Waals surface area contributed by atoms with Gasteiger partial charge in [-0.15, -0.1) is 0 Å². The first kappa shape index (κ1) is 19.6. The summed E-state index contributed by atoms with van der Waals surface area (Å²) >= 11 is 0. The fraction of sp³-hybridized carbons (Fsp3) is 0.611. The number of carbonyl (C=O) groups excluding carboxylic acids is 1. The van der Waals surface area contributed by atoms with Gasteiger partial charge in [0.2, 0.25) is 0 Å². The highest BCUT2D eigenvalue weighted by molar-refractivity contribution is 5.77. The molecule has 0 saturated carbocycles. The van der Waals surface area contributed by atoms with Gasteiger partial charge in [-0.05, 0) is 38.1 Å². The first-order valence-electron chi connectivity index (χ1n) is 8.62. The molecule has 0 aliphatic carbocycles. The minimum absolute atomic E-state index is 0.0590. The molecule has 1 atom stereocenters. The summed E-state index contributed by atoms with van der Waals surface area (Å²) in [5, 5.41) is 9.96. The number of hydrogen-bond acceptors (Lipinski definition) is 5. The summed E-state index contributed by atoms with van der Waals surface area (Å²) in [6, 6.07) is 5.60. The lowest BCUT2D eigenvalue weighted by molar-refractivity contribution is -0.135. The molecule has 1 fully saturated rings. The predicted octanol–water partition coefficient (Wildman–Crippen LogP) is 1.13. The van der Waals surface area contributed by atoms with Gasteiger partial charge < -0.3 is 19.5 Å². The average Bonchev–Trinajstić information content (AvgIpc) is 2.60. The molecule has 1 unspecified atom stereocenters. The van der Waals surface area contributed by atoms with Crippen molar-refractivity contribution in [3.63, 3.8) is 0 Å². The molecule has 7 heteroatoms. The van der Waals surface area contributed by atoms with Crippen LogP contribution in [0.1, 0.15) is 13.8 Å². The molecule has 2 rings (SSSR count). The molecule has 0 radical (unpaired) electrons. The minimum atomic E-state index is -0.522. The van der Waals surface area contributed by atoms with Crippen LogP contribution in [0.15, 0.2) is 24.3 Å². The number of halogens is 1. The lowest BCUT2D eigenvalue weighted by Gasteiger charge is -2.35. The molecule has 0 spiro atoms. The van der Waals surface area contributed by atoms with Crippen LogP contribution in [0.2, 0.25) is 0 Å². The Balaban J connectivity index is 1.66. The zero-order valence-corrected chi connectivity index (χ0v) is 14.9. The van der Waals surface area contributed by atoms with Gasteiger partial charge in [-0.25, -0.2) is 4.39 Å². The molecular weight excluding hydrogens is 327 g/mol. The van der Waals surface area contributed by atoms with E-state index in [2.05, 4.69) is 4.90 Å². The second-order valence-corrected chi connectivity index (χ2v) is 6.46. The molecule has 1 amide bonds. The maximum absolute atomic E-state index is 12.8. The van der Waals surface area contributed by atoms with Crippen molar-refractivity contribution in [2.24, 2.45) is 0 Å².